The lowest BCUT2D eigenvalue weighted by Crippen LogP contribution is -2.35. The van der Waals surface area contributed by atoms with E-state index in [1.54, 1.807) is 0 Å². The predicted molar refractivity (Wildman–Crippen MR) is 93.0 cm³/mol. The van der Waals surface area contributed by atoms with Gasteiger partial charge in [0.2, 0.25) is 5.91 Å². The number of hydrogen-bond acceptors (Lipinski definition) is 2. The molecule has 1 aromatic carbocycles. The van der Waals surface area contributed by atoms with Crippen LogP contribution in [0.2, 0.25) is 0 Å². The second-order valence-corrected chi connectivity index (χ2v) is 6.55. The van der Waals surface area contributed by atoms with E-state index in [4.69, 9.17) is 0 Å². The summed E-state index contributed by atoms with van der Waals surface area (Å²) in [6.45, 7) is 3.17. The highest BCUT2D eigenvalue weighted by Crippen LogP contribution is 2.13. The van der Waals surface area contributed by atoms with E-state index in [0.29, 0.717) is 12.5 Å². The zero-order chi connectivity index (χ0) is 14.4. The molecule has 1 fully saturated rings. The first-order chi connectivity index (χ1) is 9.63. The number of benzene rings is 1. The first kappa shape index (κ1) is 18.5. The summed E-state index contributed by atoms with van der Waals surface area (Å²) in [5.41, 5.74) is 1.25. The Morgan fingerprint density at radius 3 is 2.76 bits per heavy atom. The quantitative estimate of drug-likeness (QED) is 0.799. The lowest BCUT2D eigenvalue weighted by atomic mass is 10.1. The van der Waals surface area contributed by atoms with E-state index < -0.39 is 0 Å². The van der Waals surface area contributed by atoms with E-state index in [9.17, 15) is 4.79 Å². The van der Waals surface area contributed by atoms with Crippen molar-refractivity contribution in [3.63, 3.8) is 0 Å². The standard InChI is InChI=1S/C16H23BrN2O.ClH/c1-12(11-13-4-6-14(17)7-5-13)19-16(20)9-8-15-3-2-10-18-15;/h4-7,12,15,18H,2-3,8-11H2,1H3,(H,19,20);1H. The van der Waals surface area contributed by atoms with E-state index in [0.717, 1.165) is 23.9 Å². The Hall–Kier alpha value is -0.580. The molecule has 1 saturated heterocycles. The maximum Gasteiger partial charge on any atom is 0.220 e. The summed E-state index contributed by atoms with van der Waals surface area (Å²) in [6.07, 6.45) is 4.91. The molecule has 1 amide bonds. The molecule has 0 bridgehead atoms. The molecule has 5 heteroatoms. The minimum absolute atomic E-state index is 0. The van der Waals surface area contributed by atoms with E-state index in [-0.39, 0.29) is 24.4 Å². The van der Waals surface area contributed by atoms with Crippen molar-refractivity contribution < 1.29 is 4.79 Å². The van der Waals surface area contributed by atoms with Crippen LogP contribution in [0.25, 0.3) is 0 Å². The molecule has 2 rings (SSSR count). The monoisotopic (exact) mass is 374 g/mol. The minimum atomic E-state index is 0. The second kappa shape index (κ2) is 9.44. The molecule has 0 spiro atoms. The Morgan fingerprint density at radius 1 is 1.43 bits per heavy atom. The maximum absolute atomic E-state index is 11.9. The lowest BCUT2D eigenvalue weighted by molar-refractivity contribution is -0.121. The van der Waals surface area contributed by atoms with Gasteiger partial charge in [-0.15, -0.1) is 12.4 Å². The molecule has 2 N–H and O–H groups in total. The van der Waals surface area contributed by atoms with Gasteiger partial charge in [0, 0.05) is 23.0 Å². The third-order valence-electron chi connectivity index (χ3n) is 3.74. The van der Waals surface area contributed by atoms with E-state index in [1.165, 1.54) is 18.4 Å². The Morgan fingerprint density at radius 2 is 2.14 bits per heavy atom. The van der Waals surface area contributed by atoms with Crippen molar-refractivity contribution in [2.45, 2.75) is 51.1 Å². The summed E-state index contributed by atoms with van der Waals surface area (Å²) in [5, 5.41) is 6.51. The molecule has 118 valence electrons. The third-order valence-corrected chi connectivity index (χ3v) is 4.27. The number of rotatable bonds is 6. The van der Waals surface area contributed by atoms with Gasteiger partial charge in [0.05, 0.1) is 0 Å². The van der Waals surface area contributed by atoms with Gasteiger partial charge >= 0.3 is 0 Å². The van der Waals surface area contributed by atoms with Gasteiger partial charge in [0.15, 0.2) is 0 Å². The number of hydrogen-bond donors (Lipinski definition) is 2. The van der Waals surface area contributed by atoms with Crippen LogP contribution in [0.5, 0.6) is 0 Å². The fourth-order valence-electron chi connectivity index (χ4n) is 2.68. The van der Waals surface area contributed by atoms with Gasteiger partial charge in [-0.3, -0.25) is 4.79 Å². The fraction of sp³-hybridized carbons (Fsp3) is 0.562. The topological polar surface area (TPSA) is 41.1 Å². The van der Waals surface area contributed by atoms with Crippen LogP contribution in [0.3, 0.4) is 0 Å². The van der Waals surface area contributed by atoms with Gasteiger partial charge < -0.3 is 10.6 Å². The average molecular weight is 376 g/mol. The number of carbonyl (C=O) groups is 1. The highest BCUT2D eigenvalue weighted by atomic mass is 79.9. The molecular weight excluding hydrogens is 352 g/mol. The van der Waals surface area contributed by atoms with Gasteiger partial charge in [0.1, 0.15) is 0 Å². The van der Waals surface area contributed by atoms with Gasteiger partial charge in [-0.05, 0) is 56.8 Å². The Balaban J connectivity index is 0.00000220. The van der Waals surface area contributed by atoms with Gasteiger partial charge in [0.25, 0.3) is 0 Å². The molecule has 1 heterocycles. The molecule has 2 atom stereocenters. The van der Waals surface area contributed by atoms with E-state index in [1.807, 2.05) is 12.1 Å². The molecule has 3 nitrogen and oxygen atoms in total. The van der Waals surface area contributed by atoms with Crippen molar-refractivity contribution in [2.75, 3.05) is 6.54 Å². The molecule has 0 saturated carbocycles. The van der Waals surface area contributed by atoms with Crippen molar-refractivity contribution in [1.82, 2.24) is 10.6 Å². The van der Waals surface area contributed by atoms with Crippen LogP contribution in [0, 0.1) is 0 Å². The first-order valence-electron chi connectivity index (χ1n) is 7.40. The molecule has 0 aromatic heterocycles. The molecule has 0 aliphatic carbocycles. The largest absolute Gasteiger partial charge is 0.353 e. The lowest BCUT2D eigenvalue weighted by Gasteiger charge is -2.15. The van der Waals surface area contributed by atoms with Gasteiger partial charge in [-0.1, -0.05) is 28.1 Å². The number of nitrogens with one attached hydrogen (secondary N) is 2. The summed E-state index contributed by atoms with van der Waals surface area (Å²) in [6, 6.07) is 8.98. The molecule has 21 heavy (non-hydrogen) atoms. The summed E-state index contributed by atoms with van der Waals surface area (Å²) < 4.78 is 1.09. The second-order valence-electron chi connectivity index (χ2n) is 5.63. The van der Waals surface area contributed by atoms with Crippen molar-refractivity contribution in [3.05, 3.63) is 34.3 Å². The molecule has 1 aliphatic rings. The third kappa shape index (κ3) is 6.81. The summed E-state index contributed by atoms with van der Waals surface area (Å²) in [5.74, 6) is 0.170. The van der Waals surface area contributed by atoms with Crippen LogP contribution in [-0.4, -0.2) is 24.5 Å². The molecular formula is C16H24BrClN2O. The van der Waals surface area contributed by atoms with Crippen molar-refractivity contribution in [2.24, 2.45) is 0 Å². The van der Waals surface area contributed by atoms with Crippen LogP contribution in [-0.2, 0) is 11.2 Å². The zero-order valence-electron chi connectivity index (χ0n) is 12.4. The highest BCUT2D eigenvalue weighted by molar-refractivity contribution is 9.10. The highest BCUT2D eigenvalue weighted by Gasteiger charge is 2.16. The smallest absolute Gasteiger partial charge is 0.220 e. The number of carbonyl (C=O) groups excluding carboxylic acids is 1. The molecule has 1 aliphatic heterocycles. The van der Waals surface area contributed by atoms with Gasteiger partial charge in [-0.25, -0.2) is 0 Å². The first-order valence-corrected chi connectivity index (χ1v) is 8.20. The molecule has 0 radical (unpaired) electrons. The fourth-order valence-corrected chi connectivity index (χ4v) is 2.94. The predicted octanol–water partition coefficient (Wildman–Crippen LogP) is 3.45. The molecule has 1 aromatic rings. The Labute approximate surface area is 141 Å². The number of amides is 1. The maximum atomic E-state index is 11.9. The van der Waals surface area contributed by atoms with Crippen LogP contribution in [0.4, 0.5) is 0 Å². The normalized spacial score (nSPS) is 18.9. The van der Waals surface area contributed by atoms with Gasteiger partial charge in [-0.2, -0.15) is 0 Å². The van der Waals surface area contributed by atoms with Crippen LogP contribution in [0.1, 0.15) is 38.2 Å². The van der Waals surface area contributed by atoms with Crippen molar-refractivity contribution >= 4 is 34.2 Å². The van der Waals surface area contributed by atoms with E-state index in [2.05, 4.69) is 45.6 Å². The minimum Gasteiger partial charge on any atom is -0.353 e. The van der Waals surface area contributed by atoms with Crippen molar-refractivity contribution in [3.8, 4) is 0 Å². The summed E-state index contributed by atoms with van der Waals surface area (Å²) >= 11 is 3.43. The summed E-state index contributed by atoms with van der Waals surface area (Å²) in [7, 11) is 0. The summed E-state index contributed by atoms with van der Waals surface area (Å²) in [4.78, 5) is 11.9. The van der Waals surface area contributed by atoms with E-state index >= 15 is 0 Å². The van der Waals surface area contributed by atoms with Crippen LogP contribution < -0.4 is 10.6 Å². The van der Waals surface area contributed by atoms with Crippen LogP contribution in [0.15, 0.2) is 28.7 Å². The Kier molecular flexibility index (Phi) is 8.30. The van der Waals surface area contributed by atoms with Crippen LogP contribution >= 0.6 is 28.3 Å². The Bertz CT molecular complexity index is 432. The number of halogens is 2. The SMILES string of the molecule is CC(Cc1ccc(Br)cc1)NC(=O)CCC1CCCN1.Cl. The molecule has 2 unspecified atom stereocenters. The zero-order valence-corrected chi connectivity index (χ0v) is 14.8. The average Bonchev–Trinajstić information content (AvgIpc) is 2.92. The van der Waals surface area contributed by atoms with Crippen molar-refractivity contribution in [1.29, 1.82) is 0 Å².